The number of hydrogen-bond donors (Lipinski definition) is 12. The fraction of sp³-hybridized carbons (Fsp3) is 0.342. The summed E-state index contributed by atoms with van der Waals surface area (Å²) in [5.74, 6) is -2.04. The second-order valence-electron chi connectivity index (χ2n) is 24.5. The predicted octanol–water partition coefficient (Wildman–Crippen LogP) is 8.99. The van der Waals surface area contributed by atoms with Gasteiger partial charge in [0, 0.05) is 92.0 Å². The summed E-state index contributed by atoms with van der Waals surface area (Å²) in [7, 11) is 4.71. The van der Waals surface area contributed by atoms with E-state index in [1.54, 1.807) is 57.7 Å². The lowest BCUT2D eigenvalue weighted by Gasteiger charge is -2.28. The number of rotatable bonds is 33. The smallest absolute Gasteiger partial charge is 0.252 e. The van der Waals surface area contributed by atoms with E-state index in [-0.39, 0.29) is 38.5 Å². The number of nitrogens with one attached hydrogen (secondary N) is 6. The molecule has 0 aliphatic rings. The molecule has 0 aliphatic carbocycles. The molecule has 3 amide bonds. The van der Waals surface area contributed by atoms with Crippen molar-refractivity contribution in [3.05, 3.63) is 178 Å². The minimum Gasteiger partial charge on any atom is -0.497 e. The van der Waals surface area contributed by atoms with E-state index in [1.807, 2.05) is 112 Å². The Kier molecular flexibility index (Phi) is 22.0. The van der Waals surface area contributed by atoms with Crippen molar-refractivity contribution >= 4 is 84.8 Å². The number of fused-ring (bicyclic) bond motifs is 3. The molecule has 0 saturated carbocycles. The molecule has 0 bridgehead atoms. The van der Waals surface area contributed by atoms with Gasteiger partial charge >= 0.3 is 0 Å². The lowest BCUT2D eigenvalue weighted by Crippen LogP contribution is -2.58. The van der Waals surface area contributed by atoms with E-state index in [0.29, 0.717) is 109 Å². The van der Waals surface area contributed by atoms with Gasteiger partial charge in [-0.05, 0) is 223 Å². The van der Waals surface area contributed by atoms with Crippen LogP contribution in [-0.2, 0) is 48.0 Å². The first-order valence-corrected chi connectivity index (χ1v) is 31.9. The van der Waals surface area contributed by atoms with Gasteiger partial charge in [0.25, 0.3) is 17.7 Å². The van der Waals surface area contributed by atoms with Gasteiger partial charge in [0.2, 0.25) is 0 Å². The highest BCUT2D eigenvalue weighted by Crippen LogP contribution is 2.37. The molecule has 18 N–H and O–H groups in total. The lowest BCUT2D eigenvalue weighted by atomic mass is 9.83. The van der Waals surface area contributed by atoms with Crippen LogP contribution in [-0.4, -0.2) is 108 Å². The fourth-order valence-corrected chi connectivity index (χ4v) is 12.5. The Morgan fingerprint density at radius 1 is 0.394 bits per heavy atom. The first kappa shape index (κ1) is 68.9. The third-order valence-electron chi connectivity index (χ3n) is 18.3. The molecule has 3 atom stereocenters. The zero-order valence-corrected chi connectivity index (χ0v) is 54.4. The van der Waals surface area contributed by atoms with E-state index in [9.17, 15) is 28.8 Å². The van der Waals surface area contributed by atoms with Crippen molar-refractivity contribution in [3.8, 4) is 17.2 Å². The zero-order chi connectivity index (χ0) is 67.5. The van der Waals surface area contributed by atoms with Gasteiger partial charge in [-0.15, -0.1) is 0 Å². The molecule has 6 aromatic carbocycles. The molecule has 9 rings (SSSR count). The van der Waals surface area contributed by atoms with Crippen LogP contribution < -0.4 is 64.6 Å². The van der Waals surface area contributed by atoms with E-state index in [4.69, 9.17) is 48.6 Å². The molecule has 9 aromatic rings. The van der Waals surface area contributed by atoms with Crippen molar-refractivity contribution in [2.24, 2.45) is 34.4 Å². The molecule has 0 saturated heterocycles. The van der Waals surface area contributed by atoms with Crippen LogP contribution in [0.3, 0.4) is 0 Å². The quantitative estimate of drug-likeness (QED) is 0.0104. The van der Waals surface area contributed by atoms with Crippen LogP contribution in [0.1, 0.15) is 114 Å². The second kappa shape index (κ2) is 30.1. The number of ether oxygens (including phenoxy) is 3. The molecule has 0 spiro atoms. The van der Waals surface area contributed by atoms with Gasteiger partial charge in [-0.3, -0.25) is 28.8 Å². The fourth-order valence-electron chi connectivity index (χ4n) is 12.5. The third kappa shape index (κ3) is 15.0. The van der Waals surface area contributed by atoms with Gasteiger partial charge in [-0.2, -0.15) is 0 Å². The number of ketones is 3. The van der Waals surface area contributed by atoms with Gasteiger partial charge in [-0.1, -0.05) is 36.4 Å². The monoisotopic (exact) mass is 1280 g/mol. The summed E-state index contributed by atoms with van der Waals surface area (Å²) in [6, 6.07) is 38.2. The molecular formula is C73H88N12O9. The van der Waals surface area contributed by atoms with Crippen LogP contribution in [0.5, 0.6) is 17.2 Å². The van der Waals surface area contributed by atoms with Gasteiger partial charge in [0.1, 0.15) is 17.2 Å². The van der Waals surface area contributed by atoms with Gasteiger partial charge in [0.05, 0.1) is 21.3 Å². The molecule has 3 aromatic heterocycles. The van der Waals surface area contributed by atoms with Crippen LogP contribution in [0.15, 0.2) is 127 Å². The molecule has 494 valence electrons. The molecule has 0 fully saturated rings. The number of Topliss-reactive ketones (excluding diaryl/α,β-unsaturated/α-hetero) is 3. The average molecular weight is 1280 g/mol. The number of aromatic nitrogens is 3. The summed E-state index contributed by atoms with van der Waals surface area (Å²) < 4.78 is 16.5. The Labute approximate surface area is 547 Å². The van der Waals surface area contributed by atoms with E-state index in [2.05, 4.69) is 30.9 Å². The number of aryl methyl sites for hydroxylation is 3. The normalized spacial score (nSPS) is 13.5. The Morgan fingerprint density at radius 3 is 0.883 bits per heavy atom. The van der Waals surface area contributed by atoms with Crippen molar-refractivity contribution in [3.63, 3.8) is 0 Å². The number of H-pyrrole nitrogens is 3. The van der Waals surface area contributed by atoms with Crippen LogP contribution >= 0.6 is 0 Å². The van der Waals surface area contributed by atoms with E-state index < -0.39 is 57.6 Å². The highest BCUT2D eigenvalue weighted by Gasteiger charge is 2.44. The summed E-state index contributed by atoms with van der Waals surface area (Å²) >= 11 is 0. The van der Waals surface area contributed by atoms with Crippen molar-refractivity contribution in [1.82, 2.24) is 15.0 Å². The second-order valence-corrected chi connectivity index (χ2v) is 24.5. The summed E-state index contributed by atoms with van der Waals surface area (Å²) in [4.78, 5) is 97.0. The summed E-state index contributed by atoms with van der Waals surface area (Å²) in [6.07, 6.45) is 2.80. The first-order chi connectivity index (χ1) is 45.1. The maximum atomic E-state index is 14.5. The highest BCUT2D eigenvalue weighted by molar-refractivity contribution is 6.18. The number of carbonyl (C=O) groups excluding carboxylic acids is 6. The minimum atomic E-state index is -1.92. The van der Waals surface area contributed by atoms with Gasteiger partial charge < -0.3 is 79.5 Å². The van der Waals surface area contributed by atoms with Crippen molar-refractivity contribution in [1.29, 1.82) is 0 Å². The molecule has 0 unspecified atom stereocenters. The number of anilines is 3. The highest BCUT2D eigenvalue weighted by atomic mass is 16.5. The van der Waals surface area contributed by atoms with Gasteiger partial charge in [-0.25, -0.2) is 0 Å². The number of nitrogens with two attached hydrogens (primary N) is 6. The SMILES string of the molecule is COc1ccc2[nH]c(C)c(CC(=O)[C@@](N)(CCCCN)C(=O)Nc3ccc(C(c4ccc(NC(=O)[C@](N)(CCCCN)C(=O)Cc5c(C)[nH]c6ccc(OC)cc56)cc4)c4ccc(NC(=O)[C@](N)(CCCCN)C(=O)Cc5c(C)[nH]c6ccc(OC)cc56)cc4)cc3)c2c1. The molecule has 0 aliphatic heterocycles. The summed E-state index contributed by atoms with van der Waals surface area (Å²) in [6.45, 7) is 6.69. The first-order valence-electron chi connectivity index (χ1n) is 31.9. The van der Waals surface area contributed by atoms with E-state index in [1.165, 1.54) is 0 Å². The van der Waals surface area contributed by atoms with Crippen molar-refractivity contribution < 1.29 is 43.0 Å². The third-order valence-corrected chi connectivity index (χ3v) is 18.3. The number of carbonyl (C=O) groups is 6. The van der Waals surface area contributed by atoms with Crippen LogP contribution in [0, 0.1) is 20.8 Å². The Morgan fingerprint density at radius 2 is 0.649 bits per heavy atom. The van der Waals surface area contributed by atoms with E-state index in [0.717, 1.165) is 66.5 Å². The number of hydrogen-bond acceptors (Lipinski definition) is 15. The zero-order valence-electron chi connectivity index (χ0n) is 54.4. The summed E-state index contributed by atoms with van der Waals surface area (Å²) in [5.41, 5.74) is 43.1. The number of amides is 3. The standard InChI is InChI=1S/C73H88N12O9/c1-43-55(58-37-52(92-4)25-28-61(58)80-43)40-64(86)71(77,31-7-10-34-74)68(89)83-49-19-13-46(14-20-49)67(47-15-21-50(22-16-47)84-69(90)72(78,32-8-11-35-75)65(87)41-56-44(2)81-62-29-26-53(93-5)38-59(56)62)48-17-23-51(24-18-48)85-70(91)73(79,33-9-12-36-76)66(88)42-57-45(3)82-63-30-27-54(94-6)39-60(57)63/h13-30,37-39,67,80-82H,7-12,31-36,40-42,74-79H2,1-6H3,(H,83,89)(H,84,90)(H,85,91)/t71-,72-,73-/m0/s1. The number of aromatic amines is 3. The molecule has 3 heterocycles. The maximum Gasteiger partial charge on any atom is 0.252 e. The molecule has 94 heavy (non-hydrogen) atoms. The largest absolute Gasteiger partial charge is 0.497 e. The molecular weight excluding hydrogens is 1190 g/mol. The van der Waals surface area contributed by atoms with Crippen LogP contribution in [0.4, 0.5) is 17.1 Å². The topological polar surface area (TPSA) is 370 Å². The predicted molar refractivity (Wildman–Crippen MR) is 371 cm³/mol. The number of unbranched alkanes of at least 4 members (excludes halogenated alkanes) is 3. The number of methoxy groups -OCH3 is 3. The van der Waals surface area contributed by atoms with Crippen LogP contribution in [0.2, 0.25) is 0 Å². The molecule has 0 radical (unpaired) electrons. The lowest BCUT2D eigenvalue weighted by molar-refractivity contribution is -0.134. The van der Waals surface area contributed by atoms with Crippen molar-refractivity contribution in [2.75, 3.05) is 56.9 Å². The Balaban J connectivity index is 1.01. The van der Waals surface area contributed by atoms with Crippen LogP contribution in [0.25, 0.3) is 32.7 Å². The Hall–Kier alpha value is -9.48. The van der Waals surface area contributed by atoms with Gasteiger partial charge in [0.15, 0.2) is 34.0 Å². The maximum absolute atomic E-state index is 14.5. The van der Waals surface area contributed by atoms with Crippen molar-refractivity contribution in [2.45, 2.75) is 120 Å². The number of benzene rings is 6. The minimum absolute atomic E-state index is 0.0573. The Bertz CT molecular complexity index is 3790. The summed E-state index contributed by atoms with van der Waals surface area (Å²) in [5, 5.41) is 11.2. The molecule has 21 nitrogen and oxygen atoms in total. The average Bonchev–Trinajstić information content (AvgIpc) is 1.55. The van der Waals surface area contributed by atoms with E-state index >= 15 is 0 Å². The molecule has 21 heteroatoms.